The summed E-state index contributed by atoms with van der Waals surface area (Å²) in [5.41, 5.74) is -0.663. The molecule has 2 saturated heterocycles. The van der Waals surface area contributed by atoms with Gasteiger partial charge in [-0.2, -0.15) is 0 Å². The lowest BCUT2D eigenvalue weighted by Crippen LogP contribution is -2.47. The highest BCUT2D eigenvalue weighted by Gasteiger charge is 2.52. The highest BCUT2D eigenvalue weighted by molar-refractivity contribution is 7.99. The third kappa shape index (κ3) is 6.39. The van der Waals surface area contributed by atoms with E-state index in [2.05, 4.69) is 15.3 Å². The zero-order valence-electron chi connectivity index (χ0n) is 20.8. The van der Waals surface area contributed by atoms with Gasteiger partial charge in [0, 0.05) is 36.2 Å². The number of carbonyl (C=O) groups excluding carboxylic acids is 2. The lowest BCUT2D eigenvalue weighted by atomic mass is 9.81. The normalized spacial score (nSPS) is 22.8. The Labute approximate surface area is 200 Å². The molecule has 182 valence electrons. The van der Waals surface area contributed by atoms with Crippen LogP contribution in [-0.2, 0) is 18.8 Å². The van der Waals surface area contributed by atoms with E-state index in [9.17, 15) is 9.59 Å². The Kier molecular flexibility index (Phi) is 7.36. The third-order valence-electron chi connectivity index (χ3n) is 6.01. The monoisotopic (exact) mass is 478 g/mol. The van der Waals surface area contributed by atoms with Gasteiger partial charge in [-0.1, -0.05) is 11.8 Å². The van der Waals surface area contributed by atoms with Crippen LogP contribution in [0.1, 0.15) is 61.8 Å². The largest absolute Gasteiger partial charge is 0.498 e. The van der Waals surface area contributed by atoms with Crippen LogP contribution in [0.3, 0.4) is 0 Å². The molecule has 2 aliphatic rings. The molecule has 0 saturated carbocycles. The Morgan fingerprint density at radius 1 is 1.21 bits per heavy atom. The smallest absolute Gasteiger partial charge is 0.444 e. The number of likely N-dealkylation sites (tertiary alicyclic amines) is 1. The Hall–Kier alpha value is -1.85. The average Bonchev–Trinajstić information content (AvgIpc) is 3.21. The first kappa shape index (κ1) is 25.8. The summed E-state index contributed by atoms with van der Waals surface area (Å²) in [7, 11) is -0.493. The van der Waals surface area contributed by atoms with Gasteiger partial charge in [0.25, 0.3) is 0 Å². The van der Waals surface area contributed by atoms with Crippen molar-refractivity contribution in [2.75, 3.05) is 13.1 Å². The zero-order valence-corrected chi connectivity index (χ0v) is 21.6. The number of thioether (sulfide) groups is 1. The number of amides is 2. The summed E-state index contributed by atoms with van der Waals surface area (Å²) in [6.07, 6.45) is 3.71. The van der Waals surface area contributed by atoms with Gasteiger partial charge in [-0.15, -0.1) is 0 Å². The first-order valence-electron chi connectivity index (χ1n) is 11.3. The fourth-order valence-electron chi connectivity index (χ4n) is 3.48. The quantitative estimate of drug-likeness (QED) is 0.509. The first-order valence-corrected chi connectivity index (χ1v) is 12.2. The van der Waals surface area contributed by atoms with Crippen molar-refractivity contribution in [2.45, 2.75) is 95.1 Å². The van der Waals surface area contributed by atoms with Crippen LogP contribution in [-0.4, -0.2) is 75.2 Å². The Morgan fingerprint density at radius 2 is 1.79 bits per heavy atom. The van der Waals surface area contributed by atoms with Crippen LogP contribution < -0.4 is 10.8 Å². The van der Waals surface area contributed by atoms with E-state index in [1.807, 2.05) is 27.7 Å². The molecular weight excluding hydrogens is 443 g/mol. The molecule has 0 unspecified atom stereocenters. The van der Waals surface area contributed by atoms with Crippen molar-refractivity contribution in [3.63, 3.8) is 0 Å². The van der Waals surface area contributed by atoms with Crippen molar-refractivity contribution < 1.29 is 23.6 Å². The van der Waals surface area contributed by atoms with Crippen molar-refractivity contribution in [3.8, 4) is 0 Å². The molecule has 0 spiro atoms. The van der Waals surface area contributed by atoms with Gasteiger partial charge in [0.15, 0.2) is 5.16 Å². The van der Waals surface area contributed by atoms with E-state index in [0.717, 1.165) is 11.9 Å². The van der Waals surface area contributed by atoms with Crippen molar-refractivity contribution >= 4 is 36.3 Å². The Morgan fingerprint density at radius 3 is 2.33 bits per heavy atom. The van der Waals surface area contributed by atoms with Gasteiger partial charge >= 0.3 is 13.2 Å². The SMILES string of the molecule is C[C@@H](NC(=O)OC(C)(C)C)C(=O)N1CC[C@H](Sc2ncc(B3OC(C)(C)C(C)(C)O3)cn2)C1. The molecule has 1 N–H and O–H groups in total. The van der Waals surface area contributed by atoms with Crippen LogP contribution in [0.5, 0.6) is 0 Å². The molecule has 2 aliphatic heterocycles. The summed E-state index contributed by atoms with van der Waals surface area (Å²) in [5, 5.41) is 3.45. The standard InChI is InChI=1S/C22H35BN4O5S/c1-14(26-19(29)30-20(2,3)4)17(28)27-10-9-16(13-27)33-18-24-11-15(12-25-18)23-31-21(5,6)22(7,8)32-23/h11-12,14,16H,9-10,13H2,1-8H3,(H,26,29)/t14-,16+/m1/s1. The van der Waals surface area contributed by atoms with E-state index in [1.165, 1.54) is 0 Å². The summed E-state index contributed by atoms with van der Waals surface area (Å²) < 4.78 is 17.3. The van der Waals surface area contributed by atoms with E-state index >= 15 is 0 Å². The van der Waals surface area contributed by atoms with E-state index in [1.54, 1.807) is 56.8 Å². The molecule has 0 aromatic carbocycles. The molecule has 0 bridgehead atoms. The lowest BCUT2D eigenvalue weighted by molar-refractivity contribution is -0.131. The second-order valence-corrected chi connectivity index (χ2v) is 11.8. The maximum Gasteiger partial charge on any atom is 0.498 e. The number of hydrogen-bond donors (Lipinski definition) is 1. The third-order valence-corrected chi connectivity index (χ3v) is 7.15. The van der Waals surface area contributed by atoms with Gasteiger partial charge in [-0.05, 0) is 61.8 Å². The van der Waals surface area contributed by atoms with E-state index < -0.39 is 36.1 Å². The van der Waals surface area contributed by atoms with E-state index in [4.69, 9.17) is 14.0 Å². The topological polar surface area (TPSA) is 103 Å². The van der Waals surface area contributed by atoms with Gasteiger partial charge in [0.1, 0.15) is 11.6 Å². The summed E-state index contributed by atoms with van der Waals surface area (Å²) in [5.74, 6) is -0.124. The van der Waals surface area contributed by atoms with Crippen molar-refractivity contribution in [2.24, 2.45) is 0 Å². The molecule has 33 heavy (non-hydrogen) atoms. The number of ether oxygens (including phenoxy) is 1. The number of nitrogens with zero attached hydrogens (tertiary/aromatic N) is 3. The highest BCUT2D eigenvalue weighted by atomic mass is 32.2. The van der Waals surface area contributed by atoms with Crippen LogP contribution in [0.15, 0.2) is 17.6 Å². The van der Waals surface area contributed by atoms with Crippen LogP contribution in [0.4, 0.5) is 4.79 Å². The minimum Gasteiger partial charge on any atom is -0.444 e. The number of aromatic nitrogens is 2. The van der Waals surface area contributed by atoms with Crippen LogP contribution in [0, 0.1) is 0 Å². The van der Waals surface area contributed by atoms with E-state index in [0.29, 0.717) is 18.2 Å². The number of rotatable bonds is 5. The number of alkyl carbamates (subject to hydrolysis) is 1. The summed E-state index contributed by atoms with van der Waals surface area (Å²) >= 11 is 1.55. The molecule has 1 aromatic heterocycles. The lowest BCUT2D eigenvalue weighted by Gasteiger charge is -2.32. The van der Waals surface area contributed by atoms with Gasteiger partial charge in [-0.25, -0.2) is 14.8 Å². The number of carbonyl (C=O) groups is 2. The maximum atomic E-state index is 12.7. The summed E-state index contributed by atoms with van der Waals surface area (Å²) in [4.78, 5) is 35.4. The minimum atomic E-state index is -0.654. The molecule has 11 heteroatoms. The zero-order chi connectivity index (χ0) is 24.6. The molecule has 3 heterocycles. The second-order valence-electron chi connectivity index (χ2n) is 10.6. The van der Waals surface area contributed by atoms with Crippen LogP contribution >= 0.6 is 11.8 Å². The van der Waals surface area contributed by atoms with E-state index in [-0.39, 0.29) is 11.2 Å². The van der Waals surface area contributed by atoms with Crippen LogP contribution in [0.25, 0.3) is 0 Å². The number of hydrogen-bond acceptors (Lipinski definition) is 8. The van der Waals surface area contributed by atoms with Gasteiger partial charge in [0.05, 0.1) is 11.2 Å². The summed E-state index contributed by atoms with van der Waals surface area (Å²) in [6, 6.07) is -0.654. The van der Waals surface area contributed by atoms with Crippen molar-refractivity contribution in [1.29, 1.82) is 0 Å². The first-order chi connectivity index (χ1) is 15.2. The van der Waals surface area contributed by atoms with Gasteiger partial charge in [0.2, 0.25) is 5.91 Å². The maximum absolute atomic E-state index is 12.7. The fourth-order valence-corrected chi connectivity index (χ4v) is 4.48. The predicted octanol–water partition coefficient (Wildman–Crippen LogP) is 2.38. The molecular formula is C22H35BN4O5S. The molecule has 2 amide bonds. The molecule has 0 radical (unpaired) electrons. The predicted molar refractivity (Wildman–Crippen MR) is 127 cm³/mol. The summed E-state index contributed by atoms with van der Waals surface area (Å²) in [6.45, 7) is 16.3. The Balaban J connectivity index is 1.50. The molecule has 3 rings (SSSR count). The van der Waals surface area contributed by atoms with Crippen LogP contribution in [0.2, 0.25) is 0 Å². The second kappa shape index (κ2) is 9.42. The van der Waals surface area contributed by atoms with Gasteiger partial charge in [-0.3, -0.25) is 4.79 Å². The molecule has 9 nitrogen and oxygen atoms in total. The van der Waals surface area contributed by atoms with Gasteiger partial charge < -0.3 is 24.3 Å². The molecule has 0 aliphatic carbocycles. The molecule has 2 atom stereocenters. The Bertz CT molecular complexity index is 859. The minimum absolute atomic E-state index is 0.124. The highest BCUT2D eigenvalue weighted by Crippen LogP contribution is 2.36. The molecule has 2 fully saturated rings. The molecule has 1 aromatic rings. The average molecular weight is 478 g/mol. The fraction of sp³-hybridized carbons (Fsp3) is 0.727. The van der Waals surface area contributed by atoms with Crippen molar-refractivity contribution in [3.05, 3.63) is 12.4 Å². The van der Waals surface area contributed by atoms with Crippen molar-refractivity contribution in [1.82, 2.24) is 20.2 Å². The number of nitrogens with one attached hydrogen (secondary N) is 1.